The van der Waals surface area contributed by atoms with E-state index < -0.39 is 11.6 Å². The molecule has 4 heteroatoms. The van der Waals surface area contributed by atoms with Crippen LogP contribution in [0, 0.1) is 0 Å². The predicted molar refractivity (Wildman–Crippen MR) is 47.1 cm³/mol. The summed E-state index contributed by atoms with van der Waals surface area (Å²) >= 11 is 5.47. The Bertz CT molecular complexity index is 164. The van der Waals surface area contributed by atoms with Crippen molar-refractivity contribution in [2.45, 2.75) is 18.9 Å². The van der Waals surface area contributed by atoms with Crippen LogP contribution >= 0.6 is 11.6 Å². The molecule has 0 amide bonds. The van der Waals surface area contributed by atoms with Gasteiger partial charge in [-0.15, -0.1) is 11.6 Å². The molecule has 0 fully saturated rings. The maximum Gasteiger partial charge on any atom is 0.330 e. The Morgan fingerprint density at radius 1 is 1.83 bits per heavy atom. The number of hydrogen-bond donors (Lipinski definition) is 1. The fourth-order valence-corrected chi connectivity index (χ4v) is 0.766. The molecule has 0 aromatic carbocycles. The van der Waals surface area contributed by atoms with Crippen LogP contribution in [0.2, 0.25) is 0 Å². The first-order chi connectivity index (χ1) is 5.58. The van der Waals surface area contributed by atoms with Gasteiger partial charge in [-0.25, -0.2) is 4.79 Å². The Balaban J connectivity index is 3.88. The highest BCUT2D eigenvalue weighted by Crippen LogP contribution is 2.12. The Morgan fingerprint density at radius 3 is 2.75 bits per heavy atom. The number of esters is 1. The minimum Gasteiger partial charge on any atom is -0.459 e. The van der Waals surface area contributed by atoms with E-state index in [0.29, 0.717) is 6.42 Å². The molecule has 0 aromatic rings. The van der Waals surface area contributed by atoms with Crippen LogP contribution in [0.4, 0.5) is 0 Å². The van der Waals surface area contributed by atoms with Gasteiger partial charge in [-0.3, -0.25) is 0 Å². The third kappa shape index (κ3) is 3.74. The molecule has 1 unspecified atom stereocenters. The second kappa shape index (κ2) is 5.17. The second-order valence-corrected chi connectivity index (χ2v) is 2.79. The molecule has 3 nitrogen and oxygen atoms in total. The van der Waals surface area contributed by atoms with Gasteiger partial charge in [0.05, 0.1) is 5.88 Å². The number of carbonyl (C=O) groups is 1. The second-order valence-electron chi connectivity index (χ2n) is 2.52. The van der Waals surface area contributed by atoms with Crippen molar-refractivity contribution in [2.75, 3.05) is 12.5 Å². The minimum atomic E-state index is -1.11. The lowest BCUT2D eigenvalue weighted by molar-refractivity contribution is -0.144. The van der Waals surface area contributed by atoms with E-state index in [-0.39, 0.29) is 12.5 Å². The zero-order valence-electron chi connectivity index (χ0n) is 7.05. The third-order valence-electron chi connectivity index (χ3n) is 1.56. The fraction of sp³-hybridized carbons (Fsp3) is 0.625. The maximum atomic E-state index is 10.6. The number of halogens is 1. The number of ether oxygens (including phenoxy) is 1. The van der Waals surface area contributed by atoms with Crippen molar-refractivity contribution < 1.29 is 14.6 Å². The molecule has 0 saturated heterocycles. The van der Waals surface area contributed by atoms with E-state index in [2.05, 4.69) is 11.3 Å². The average Bonchev–Trinajstić information content (AvgIpc) is 2.13. The molecular formula is C8H13ClO3. The number of rotatable bonds is 5. The smallest absolute Gasteiger partial charge is 0.330 e. The van der Waals surface area contributed by atoms with Gasteiger partial charge in [0.15, 0.2) is 0 Å². The van der Waals surface area contributed by atoms with Crippen LogP contribution < -0.4 is 0 Å². The normalized spacial score (nSPS) is 14.9. The van der Waals surface area contributed by atoms with E-state index in [1.54, 1.807) is 6.92 Å². The zero-order chi connectivity index (χ0) is 9.61. The molecule has 0 aliphatic carbocycles. The summed E-state index contributed by atoms with van der Waals surface area (Å²) in [5.74, 6) is -0.500. The molecule has 1 N–H and O–H groups in total. The standard InChI is InChI=1S/C8H13ClO3/c1-3-7(10)12-6-8(11,4-2)5-9/h3,11H,1,4-6H2,2H3. The molecule has 0 rings (SSSR count). The third-order valence-corrected chi connectivity index (χ3v) is 2.05. The highest BCUT2D eigenvalue weighted by Gasteiger charge is 2.24. The van der Waals surface area contributed by atoms with Crippen molar-refractivity contribution in [3.63, 3.8) is 0 Å². The number of alkyl halides is 1. The van der Waals surface area contributed by atoms with Crippen molar-refractivity contribution in [3.05, 3.63) is 12.7 Å². The first-order valence-electron chi connectivity index (χ1n) is 3.65. The minimum absolute atomic E-state index is 0.0495. The molecule has 0 aliphatic rings. The van der Waals surface area contributed by atoms with Crippen LogP contribution in [-0.4, -0.2) is 29.2 Å². The van der Waals surface area contributed by atoms with E-state index in [9.17, 15) is 9.90 Å². The van der Waals surface area contributed by atoms with Gasteiger partial charge in [-0.05, 0) is 6.42 Å². The molecule has 1 atom stereocenters. The Kier molecular flexibility index (Phi) is 4.93. The Labute approximate surface area is 77.0 Å². The summed E-state index contributed by atoms with van der Waals surface area (Å²) in [5.41, 5.74) is -1.11. The van der Waals surface area contributed by atoms with Crippen molar-refractivity contribution in [1.29, 1.82) is 0 Å². The quantitative estimate of drug-likeness (QED) is 0.403. The molecule has 0 heterocycles. The number of hydrogen-bond acceptors (Lipinski definition) is 3. The molecule has 0 aromatic heterocycles. The Hall–Kier alpha value is -0.540. The average molecular weight is 193 g/mol. The molecule has 0 radical (unpaired) electrons. The molecule has 70 valence electrons. The fourth-order valence-electron chi connectivity index (χ4n) is 0.500. The topological polar surface area (TPSA) is 46.5 Å². The zero-order valence-corrected chi connectivity index (χ0v) is 7.80. The van der Waals surface area contributed by atoms with Gasteiger partial charge in [0, 0.05) is 6.08 Å². The molecule has 12 heavy (non-hydrogen) atoms. The van der Waals surface area contributed by atoms with Crippen LogP contribution in [-0.2, 0) is 9.53 Å². The molecule has 0 aliphatic heterocycles. The van der Waals surface area contributed by atoms with E-state index in [4.69, 9.17) is 11.6 Å². The lowest BCUT2D eigenvalue weighted by atomic mass is 10.1. The molecule has 0 spiro atoms. The van der Waals surface area contributed by atoms with Crippen LogP contribution in [0.1, 0.15) is 13.3 Å². The highest BCUT2D eigenvalue weighted by molar-refractivity contribution is 6.18. The summed E-state index contributed by atoms with van der Waals surface area (Å²) < 4.78 is 4.65. The predicted octanol–water partition coefficient (Wildman–Crippen LogP) is 1.10. The van der Waals surface area contributed by atoms with Gasteiger partial charge in [0.2, 0.25) is 0 Å². The summed E-state index contributed by atoms with van der Waals surface area (Å²) in [7, 11) is 0. The van der Waals surface area contributed by atoms with Crippen molar-refractivity contribution >= 4 is 17.6 Å². The van der Waals surface area contributed by atoms with Crippen LogP contribution in [0.15, 0.2) is 12.7 Å². The largest absolute Gasteiger partial charge is 0.459 e. The first-order valence-corrected chi connectivity index (χ1v) is 4.19. The lowest BCUT2D eigenvalue weighted by Crippen LogP contribution is -2.36. The number of carbonyl (C=O) groups excluding carboxylic acids is 1. The van der Waals surface area contributed by atoms with E-state index >= 15 is 0 Å². The van der Waals surface area contributed by atoms with Gasteiger partial charge < -0.3 is 9.84 Å². The van der Waals surface area contributed by atoms with Crippen LogP contribution in [0.3, 0.4) is 0 Å². The van der Waals surface area contributed by atoms with Gasteiger partial charge in [0.1, 0.15) is 12.2 Å². The van der Waals surface area contributed by atoms with Crippen LogP contribution in [0.25, 0.3) is 0 Å². The highest BCUT2D eigenvalue weighted by atomic mass is 35.5. The molecule has 0 bridgehead atoms. The Morgan fingerprint density at radius 2 is 2.42 bits per heavy atom. The van der Waals surface area contributed by atoms with Gasteiger partial charge in [0.25, 0.3) is 0 Å². The van der Waals surface area contributed by atoms with Crippen molar-refractivity contribution in [1.82, 2.24) is 0 Å². The van der Waals surface area contributed by atoms with Gasteiger partial charge in [-0.2, -0.15) is 0 Å². The maximum absolute atomic E-state index is 10.6. The van der Waals surface area contributed by atoms with Gasteiger partial charge >= 0.3 is 5.97 Å². The van der Waals surface area contributed by atoms with Gasteiger partial charge in [-0.1, -0.05) is 13.5 Å². The first kappa shape index (κ1) is 11.5. The summed E-state index contributed by atoms with van der Waals surface area (Å²) in [6.07, 6.45) is 1.49. The van der Waals surface area contributed by atoms with Crippen LogP contribution in [0.5, 0.6) is 0 Å². The molecular weight excluding hydrogens is 180 g/mol. The van der Waals surface area contributed by atoms with Crippen molar-refractivity contribution in [2.24, 2.45) is 0 Å². The summed E-state index contributed by atoms with van der Waals surface area (Å²) in [4.78, 5) is 10.6. The number of aliphatic hydroxyl groups is 1. The summed E-state index contributed by atoms with van der Waals surface area (Å²) in [6, 6.07) is 0. The lowest BCUT2D eigenvalue weighted by Gasteiger charge is -2.22. The summed E-state index contributed by atoms with van der Waals surface area (Å²) in [5, 5.41) is 9.53. The van der Waals surface area contributed by atoms with Crippen molar-refractivity contribution in [3.8, 4) is 0 Å². The summed E-state index contributed by atoms with van der Waals surface area (Å²) in [6.45, 7) is 4.91. The van der Waals surface area contributed by atoms with E-state index in [1.165, 1.54) is 0 Å². The van der Waals surface area contributed by atoms with E-state index in [1.807, 2.05) is 0 Å². The monoisotopic (exact) mass is 192 g/mol. The SMILES string of the molecule is C=CC(=O)OCC(O)(CC)CCl. The van der Waals surface area contributed by atoms with E-state index in [0.717, 1.165) is 6.08 Å². The molecule has 0 saturated carbocycles.